The number of fused-ring (bicyclic) bond motifs is 1. The molecule has 1 atom stereocenters. The van der Waals surface area contributed by atoms with E-state index in [4.69, 9.17) is 27.9 Å². The van der Waals surface area contributed by atoms with Crippen LogP contribution in [0.25, 0.3) is 10.9 Å². The average Bonchev–Trinajstić information content (AvgIpc) is 3.54. The highest BCUT2D eigenvalue weighted by Gasteiger charge is 2.45. The van der Waals surface area contributed by atoms with Gasteiger partial charge >= 0.3 is 6.09 Å². The van der Waals surface area contributed by atoms with Crippen molar-refractivity contribution in [3.8, 4) is 5.75 Å². The summed E-state index contributed by atoms with van der Waals surface area (Å²) < 4.78 is 36.3. The van der Waals surface area contributed by atoms with Crippen molar-refractivity contribution in [3.63, 3.8) is 0 Å². The van der Waals surface area contributed by atoms with Gasteiger partial charge in [0, 0.05) is 13.1 Å². The maximum Gasteiger partial charge on any atom is 0.408 e. The number of likely N-dealkylation sites (tertiary alicyclic amines) is 1. The van der Waals surface area contributed by atoms with Crippen LogP contribution in [0.5, 0.6) is 5.75 Å². The summed E-state index contributed by atoms with van der Waals surface area (Å²) in [7, 11) is -2.68. The molecule has 1 fully saturated rings. The standard InChI is InChI=1S/C29H29Cl2N5O6S/c1-29(13-6-14-35(29)28(38)39)27(37)32-16-18-7-3-8-19(15-18)17-36-21-10-5-11-22(42-2)24(21)26(33-36)34-43(40,41)23-12-4-9-20(30)25(23)31/h3-5,7-12,15H,6,13-14,16-17H2,1-2H3,(H,32,37)(H,33,34)(H,38,39)/t29-/m0/s1. The molecule has 226 valence electrons. The third-order valence-electron chi connectivity index (χ3n) is 7.53. The van der Waals surface area contributed by atoms with Gasteiger partial charge in [-0.25, -0.2) is 13.2 Å². The van der Waals surface area contributed by atoms with Gasteiger partial charge in [0.05, 0.1) is 34.6 Å². The van der Waals surface area contributed by atoms with Gasteiger partial charge in [-0.15, -0.1) is 0 Å². The van der Waals surface area contributed by atoms with Gasteiger partial charge in [-0.05, 0) is 55.2 Å². The van der Waals surface area contributed by atoms with Gasteiger partial charge < -0.3 is 15.2 Å². The summed E-state index contributed by atoms with van der Waals surface area (Å²) in [4.78, 5) is 25.6. The summed E-state index contributed by atoms with van der Waals surface area (Å²) in [6.07, 6.45) is -0.0348. The summed E-state index contributed by atoms with van der Waals surface area (Å²) in [5, 5.41) is 17.4. The van der Waals surface area contributed by atoms with Crippen LogP contribution in [0.2, 0.25) is 10.0 Å². The van der Waals surface area contributed by atoms with Crippen LogP contribution in [0.3, 0.4) is 0 Å². The van der Waals surface area contributed by atoms with Crippen molar-refractivity contribution >= 4 is 61.9 Å². The smallest absolute Gasteiger partial charge is 0.408 e. The zero-order valence-corrected chi connectivity index (χ0v) is 25.6. The number of nitrogens with one attached hydrogen (secondary N) is 2. The van der Waals surface area contributed by atoms with E-state index in [1.807, 2.05) is 24.3 Å². The Hall–Kier alpha value is -4.00. The minimum absolute atomic E-state index is 0.0553. The molecule has 2 heterocycles. The molecule has 1 saturated heterocycles. The van der Waals surface area contributed by atoms with Crippen molar-refractivity contribution in [2.24, 2.45) is 0 Å². The number of rotatable bonds is 9. The van der Waals surface area contributed by atoms with Crippen LogP contribution in [0.4, 0.5) is 10.6 Å². The minimum Gasteiger partial charge on any atom is -0.496 e. The summed E-state index contributed by atoms with van der Waals surface area (Å²) in [6.45, 7) is 2.44. The van der Waals surface area contributed by atoms with Crippen molar-refractivity contribution in [1.29, 1.82) is 0 Å². The third kappa shape index (κ3) is 5.95. The predicted molar refractivity (Wildman–Crippen MR) is 163 cm³/mol. The van der Waals surface area contributed by atoms with Crippen LogP contribution in [-0.4, -0.2) is 59.4 Å². The molecule has 0 aliphatic carbocycles. The first-order valence-electron chi connectivity index (χ1n) is 13.3. The molecule has 3 N–H and O–H groups in total. The quantitative estimate of drug-likeness (QED) is 0.223. The number of carbonyl (C=O) groups is 2. The molecule has 0 radical (unpaired) electrons. The van der Waals surface area contributed by atoms with Gasteiger partial charge in [-0.3, -0.25) is 19.1 Å². The predicted octanol–water partition coefficient (Wildman–Crippen LogP) is 5.35. The number of benzene rings is 3. The number of carbonyl (C=O) groups excluding carboxylic acids is 1. The Balaban J connectivity index is 1.40. The second-order valence-corrected chi connectivity index (χ2v) is 12.8. The molecule has 3 aromatic carbocycles. The number of halogens is 2. The zero-order valence-electron chi connectivity index (χ0n) is 23.3. The van der Waals surface area contributed by atoms with E-state index in [2.05, 4.69) is 15.1 Å². The molecule has 14 heteroatoms. The molecule has 0 bridgehead atoms. The third-order valence-corrected chi connectivity index (χ3v) is 9.85. The number of sulfonamides is 1. The number of nitrogens with zero attached hydrogens (tertiary/aromatic N) is 3. The Kier molecular flexibility index (Phi) is 8.46. The highest BCUT2D eigenvalue weighted by Crippen LogP contribution is 2.36. The lowest BCUT2D eigenvalue weighted by Gasteiger charge is -2.31. The Labute approximate surface area is 258 Å². The maximum absolute atomic E-state index is 13.3. The van der Waals surface area contributed by atoms with Gasteiger partial charge in [0.1, 0.15) is 16.2 Å². The van der Waals surface area contributed by atoms with Gasteiger partial charge in [0.2, 0.25) is 5.91 Å². The summed E-state index contributed by atoms with van der Waals surface area (Å²) in [6, 6.07) is 17.1. The summed E-state index contributed by atoms with van der Waals surface area (Å²) in [5.41, 5.74) is 1.15. The van der Waals surface area contributed by atoms with Gasteiger partial charge in [-0.2, -0.15) is 5.10 Å². The van der Waals surface area contributed by atoms with E-state index in [0.717, 1.165) is 11.1 Å². The summed E-state index contributed by atoms with van der Waals surface area (Å²) in [5.74, 6) is 0.130. The molecule has 4 aromatic rings. The normalized spacial score (nSPS) is 16.8. The number of aromatic nitrogens is 2. The van der Waals surface area contributed by atoms with Crippen LogP contribution in [0, 0.1) is 0 Å². The van der Waals surface area contributed by atoms with E-state index < -0.39 is 21.7 Å². The van der Waals surface area contributed by atoms with Crippen LogP contribution in [0.1, 0.15) is 30.9 Å². The number of hydrogen-bond acceptors (Lipinski definition) is 6. The number of anilines is 1. The Morgan fingerprint density at radius 2 is 1.81 bits per heavy atom. The minimum atomic E-state index is -4.16. The van der Waals surface area contributed by atoms with Crippen molar-refractivity contribution in [3.05, 3.63) is 81.8 Å². The van der Waals surface area contributed by atoms with Gasteiger partial charge in [0.15, 0.2) is 5.82 Å². The molecule has 0 spiro atoms. The molecule has 0 unspecified atom stereocenters. The number of ether oxygens (including phenoxy) is 1. The fourth-order valence-electron chi connectivity index (χ4n) is 5.32. The molecule has 5 rings (SSSR count). The Bertz CT molecular complexity index is 1830. The van der Waals surface area contributed by atoms with Crippen molar-refractivity contribution in [2.75, 3.05) is 18.4 Å². The van der Waals surface area contributed by atoms with E-state index >= 15 is 0 Å². The first kappa shape index (κ1) is 30.5. The highest BCUT2D eigenvalue weighted by atomic mass is 35.5. The van der Waals surface area contributed by atoms with E-state index in [-0.39, 0.29) is 39.8 Å². The number of amides is 2. The molecule has 11 nitrogen and oxygen atoms in total. The summed E-state index contributed by atoms with van der Waals surface area (Å²) >= 11 is 12.3. The average molecular weight is 647 g/mol. The largest absolute Gasteiger partial charge is 0.496 e. The molecular weight excluding hydrogens is 617 g/mol. The Morgan fingerprint density at radius 1 is 1.09 bits per heavy atom. The SMILES string of the molecule is COc1cccc2c1c(NS(=O)(=O)c1cccc(Cl)c1Cl)nn2Cc1cccc(CNC(=O)[C@]2(C)CCCN2C(=O)O)c1. The Morgan fingerprint density at radius 3 is 2.56 bits per heavy atom. The first-order chi connectivity index (χ1) is 20.4. The van der Waals surface area contributed by atoms with Crippen molar-refractivity contribution in [2.45, 2.75) is 43.3 Å². The molecule has 2 amide bonds. The highest BCUT2D eigenvalue weighted by molar-refractivity contribution is 7.92. The lowest BCUT2D eigenvalue weighted by Crippen LogP contribution is -2.54. The van der Waals surface area contributed by atoms with E-state index in [9.17, 15) is 23.1 Å². The topological polar surface area (TPSA) is 143 Å². The van der Waals surface area contributed by atoms with Gasteiger partial charge in [0.25, 0.3) is 10.0 Å². The number of methoxy groups -OCH3 is 1. The fraction of sp³-hybridized carbons (Fsp3) is 0.276. The molecule has 1 aromatic heterocycles. The second kappa shape index (κ2) is 11.9. The van der Waals surface area contributed by atoms with Gasteiger partial charge in [-0.1, -0.05) is 59.6 Å². The maximum atomic E-state index is 13.3. The molecule has 1 aliphatic heterocycles. The van der Waals surface area contributed by atoms with Crippen LogP contribution >= 0.6 is 23.2 Å². The van der Waals surface area contributed by atoms with E-state index in [1.165, 1.54) is 30.2 Å². The number of carboxylic acid groups (broad SMARTS) is 1. The van der Waals surface area contributed by atoms with E-state index in [1.54, 1.807) is 29.8 Å². The lowest BCUT2D eigenvalue weighted by molar-refractivity contribution is -0.130. The molecular formula is C29H29Cl2N5O6S. The molecule has 0 saturated carbocycles. The monoisotopic (exact) mass is 645 g/mol. The lowest BCUT2D eigenvalue weighted by atomic mass is 9.97. The van der Waals surface area contributed by atoms with Crippen LogP contribution in [-0.2, 0) is 27.9 Å². The first-order valence-corrected chi connectivity index (χ1v) is 15.6. The van der Waals surface area contributed by atoms with Crippen molar-refractivity contribution in [1.82, 2.24) is 20.0 Å². The molecule has 43 heavy (non-hydrogen) atoms. The second-order valence-electron chi connectivity index (χ2n) is 10.3. The van der Waals surface area contributed by atoms with Crippen LogP contribution < -0.4 is 14.8 Å². The fourth-order valence-corrected chi connectivity index (χ4v) is 7.09. The van der Waals surface area contributed by atoms with Crippen molar-refractivity contribution < 1.29 is 27.9 Å². The van der Waals surface area contributed by atoms with Crippen LogP contribution in [0.15, 0.2) is 65.6 Å². The zero-order chi connectivity index (χ0) is 30.9. The molecule has 1 aliphatic rings. The number of hydrogen-bond donors (Lipinski definition) is 3. The van der Waals surface area contributed by atoms with E-state index in [0.29, 0.717) is 36.0 Å².